The Balaban J connectivity index is 1.37. The van der Waals surface area contributed by atoms with E-state index in [2.05, 4.69) is 26.3 Å². The molecular formula is C35H47N7O9S. The molecule has 4 N–H and O–H groups in total. The molecule has 17 heteroatoms. The van der Waals surface area contributed by atoms with Crippen molar-refractivity contribution >= 4 is 35.0 Å². The summed E-state index contributed by atoms with van der Waals surface area (Å²) in [7, 11) is 1.48. The van der Waals surface area contributed by atoms with Crippen molar-refractivity contribution in [3.63, 3.8) is 0 Å². The first-order valence-corrected chi connectivity index (χ1v) is 18.3. The number of hydrogen-bond donors (Lipinski definition) is 4. The number of aliphatic hydroxyl groups is 1. The first kappa shape index (κ1) is 38.3. The van der Waals surface area contributed by atoms with Crippen LogP contribution in [-0.4, -0.2) is 107 Å². The third kappa shape index (κ3) is 9.91. The van der Waals surface area contributed by atoms with Crippen LogP contribution in [-0.2, 0) is 22.7 Å². The standard InChI is InChI=1S/C35H47N7O9S/c1-21(2)16-25-33(45)38-29(22(3)43)34(46)36-10-5-6-11-41(35(47)31-30-28(20-52-31)49-14-15-50-30)12-7-13-42-18-24(39-40-42)19-51-27-17-23(32(44)37-25)8-9-26(27)48-4/h8-9,17-18,20-22,25,29,43H,5-7,10-16,19H2,1-4H3,(H,36,46)(H,37,44)(H,38,45)/t22-,25-,29+/m1/s1. The molecular weight excluding hydrogens is 694 g/mol. The van der Waals surface area contributed by atoms with Crippen LogP contribution in [0.4, 0.5) is 0 Å². The predicted molar refractivity (Wildman–Crippen MR) is 190 cm³/mol. The van der Waals surface area contributed by atoms with Crippen LogP contribution in [0.3, 0.4) is 0 Å². The topological polar surface area (TPSA) is 195 Å². The molecule has 16 nitrogen and oxygen atoms in total. The highest BCUT2D eigenvalue weighted by molar-refractivity contribution is 7.12. The van der Waals surface area contributed by atoms with E-state index in [0.29, 0.717) is 79.9 Å². The molecule has 0 aliphatic carbocycles. The number of methoxy groups -OCH3 is 1. The van der Waals surface area contributed by atoms with Crippen LogP contribution >= 0.6 is 11.3 Å². The van der Waals surface area contributed by atoms with Gasteiger partial charge in [0.2, 0.25) is 11.8 Å². The molecule has 4 heterocycles. The van der Waals surface area contributed by atoms with Crippen LogP contribution in [0.15, 0.2) is 29.8 Å². The lowest BCUT2D eigenvalue weighted by Crippen LogP contribution is -2.57. The molecule has 4 amide bonds. The number of carbonyl (C=O) groups excluding carboxylic acids is 4. The quantitative estimate of drug-likeness (QED) is 0.299. The second kappa shape index (κ2) is 18.0. The van der Waals surface area contributed by atoms with Crippen LogP contribution in [0.5, 0.6) is 23.0 Å². The molecule has 0 spiro atoms. The molecule has 3 atom stereocenters. The van der Waals surface area contributed by atoms with Gasteiger partial charge in [-0.25, -0.2) is 0 Å². The van der Waals surface area contributed by atoms with E-state index < -0.39 is 35.9 Å². The fourth-order valence-corrected chi connectivity index (χ4v) is 6.74. The number of amides is 4. The number of aryl methyl sites for hydroxylation is 1. The Kier molecular flexibility index (Phi) is 13.3. The van der Waals surface area contributed by atoms with E-state index >= 15 is 0 Å². The normalized spacial score (nSPS) is 20.1. The molecule has 2 aromatic heterocycles. The molecule has 2 aliphatic rings. The fraction of sp³-hybridized carbons (Fsp3) is 0.543. The van der Waals surface area contributed by atoms with Gasteiger partial charge in [0.1, 0.15) is 42.5 Å². The number of aromatic nitrogens is 3. The van der Waals surface area contributed by atoms with Gasteiger partial charge in [-0.15, -0.1) is 16.4 Å². The first-order chi connectivity index (χ1) is 25.0. The number of ether oxygens (including phenoxy) is 4. The Morgan fingerprint density at radius 1 is 1.02 bits per heavy atom. The Hall–Kier alpha value is -4.90. The molecule has 0 saturated heterocycles. The average molecular weight is 742 g/mol. The lowest BCUT2D eigenvalue weighted by atomic mass is 10.0. The van der Waals surface area contributed by atoms with Gasteiger partial charge in [0, 0.05) is 37.1 Å². The van der Waals surface area contributed by atoms with Crippen molar-refractivity contribution in [2.24, 2.45) is 5.92 Å². The van der Waals surface area contributed by atoms with E-state index in [1.807, 2.05) is 13.8 Å². The van der Waals surface area contributed by atoms with Crippen LogP contribution in [0, 0.1) is 5.92 Å². The van der Waals surface area contributed by atoms with Crippen molar-refractivity contribution in [3.05, 3.63) is 45.9 Å². The van der Waals surface area contributed by atoms with Crippen molar-refractivity contribution in [3.8, 4) is 23.0 Å². The number of benzene rings is 1. The zero-order chi connectivity index (χ0) is 37.2. The van der Waals surface area contributed by atoms with Crippen molar-refractivity contribution in [2.45, 2.75) is 77.8 Å². The van der Waals surface area contributed by atoms with Crippen molar-refractivity contribution in [1.29, 1.82) is 0 Å². The highest BCUT2D eigenvalue weighted by Crippen LogP contribution is 2.40. The molecule has 3 aromatic rings. The van der Waals surface area contributed by atoms with E-state index in [-0.39, 0.29) is 42.7 Å². The summed E-state index contributed by atoms with van der Waals surface area (Å²) in [6, 6.07) is 2.41. The summed E-state index contributed by atoms with van der Waals surface area (Å²) >= 11 is 1.28. The number of carbonyl (C=O) groups is 4. The van der Waals surface area contributed by atoms with Gasteiger partial charge in [-0.1, -0.05) is 19.1 Å². The Bertz CT molecular complexity index is 1710. The summed E-state index contributed by atoms with van der Waals surface area (Å²) in [6.45, 7) is 7.62. The number of thiophene rings is 1. The van der Waals surface area contributed by atoms with Gasteiger partial charge in [0.15, 0.2) is 23.0 Å². The Morgan fingerprint density at radius 3 is 2.58 bits per heavy atom. The average Bonchev–Trinajstić information content (AvgIpc) is 3.77. The van der Waals surface area contributed by atoms with E-state index in [0.717, 1.165) is 0 Å². The molecule has 0 radical (unpaired) electrons. The molecule has 282 valence electrons. The van der Waals surface area contributed by atoms with E-state index in [4.69, 9.17) is 18.9 Å². The zero-order valence-electron chi connectivity index (χ0n) is 29.9. The molecule has 0 fully saturated rings. The molecule has 5 rings (SSSR count). The van der Waals surface area contributed by atoms with Gasteiger partial charge in [0.05, 0.1) is 19.4 Å². The zero-order valence-corrected chi connectivity index (χ0v) is 30.7. The SMILES string of the molecule is COc1ccc2cc1OCc1cn(nn1)CCCN(C(=O)c1scc3c1OCCO3)CCCCNC(=O)[C@H]([C@@H](C)O)NC(=O)[C@@H](CC(C)C)NC2=O. The Morgan fingerprint density at radius 2 is 1.81 bits per heavy atom. The Labute approximate surface area is 306 Å². The minimum Gasteiger partial charge on any atom is -0.493 e. The minimum atomic E-state index is -1.26. The molecule has 1 aromatic carbocycles. The molecule has 4 bridgehead atoms. The molecule has 2 aliphatic heterocycles. The number of nitrogens with zero attached hydrogens (tertiary/aromatic N) is 4. The van der Waals surface area contributed by atoms with Gasteiger partial charge in [0.25, 0.3) is 11.8 Å². The van der Waals surface area contributed by atoms with Crippen molar-refractivity contribution < 1.29 is 43.2 Å². The van der Waals surface area contributed by atoms with Crippen LogP contribution in [0.25, 0.3) is 0 Å². The number of nitrogens with one attached hydrogen (secondary N) is 3. The summed E-state index contributed by atoms with van der Waals surface area (Å²) in [6.07, 6.45) is 2.50. The largest absolute Gasteiger partial charge is 0.493 e. The van der Waals surface area contributed by atoms with Gasteiger partial charge in [-0.3, -0.25) is 23.9 Å². The maximum Gasteiger partial charge on any atom is 0.267 e. The van der Waals surface area contributed by atoms with Gasteiger partial charge in [-0.2, -0.15) is 0 Å². The first-order valence-electron chi connectivity index (χ1n) is 17.5. The second-order valence-electron chi connectivity index (χ2n) is 13.1. The number of fused-ring (bicyclic) bond motifs is 5. The number of hydrogen-bond acceptors (Lipinski definition) is 12. The molecule has 52 heavy (non-hydrogen) atoms. The van der Waals surface area contributed by atoms with Gasteiger partial charge < -0.3 is 44.9 Å². The fourth-order valence-electron chi connectivity index (χ4n) is 5.84. The lowest BCUT2D eigenvalue weighted by molar-refractivity contribution is -0.132. The number of aliphatic hydroxyl groups excluding tert-OH is 1. The van der Waals surface area contributed by atoms with E-state index in [1.54, 1.807) is 33.3 Å². The lowest BCUT2D eigenvalue weighted by Gasteiger charge is -2.26. The van der Waals surface area contributed by atoms with Crippen LogP contribution in [0.2, 0.25) is 0 Å². The third-order valence-electron chi connectivity index (χ3n) is 8.53. The summed E-state index contributed by atoms with van der Waals surface area (Å²) in [5.41, 5.74) is 0.770. The van der Waals surface area contributed by atoms with Crippen LogP contribution < -0.4 is 34.9 Å². The molecule has 0 saturated carbocycles. The van der Waals surface area contributed by atoms with E-state index in [9.17, 15) is 24.3 Å². The summed E-state index contributed by atoms with van der Waals surface area (Å²) < 4.78 is 24.6. The van der Waals surface area contributed by atoms with E-state index in [1.165, 1.54) is 31.4 Å². The smallest absolute Gasteiger partial charge is 0.267 e. The maximum atomic E-state index is 13.8. The van der Waals surface area contributed by atoms with Gasteiger partial charge >= 0.3 is 0 Å². The second-order valence-corrected chi connectivity index (χ2v) is 14.0. The minimum absolute atomic E-state index is 0.0161. The maximum absolute atomic E-state index is 13.8. The van der Waals surface area contributed by atoms with Crippen LogP contribution in [0.1, 0.15) is 72.2 Å². The third-order valence-corrected chi connectivity index (χ3v) is 9.46. The summed E-state index contributed by atoms with van der Waals surface area (Å²) in [5.74, 6) is -0.157. The summed E-state index contributed by atoms with van der Waals surface area (Å²) in [4.78, 5) is 56.1. The highest BCUT2D eigenvalue weighted by atomic mass is 32.1. The highest BCUT2D eigenvalue weighted by Gasteiger charge is 2.31. The summed E-state index contributed by atoms with van der Waals surface area (Å²) in [5, 5.41) is 28.9. The predicted octanol–water partition coefficient (Wildman–Crippen LogP) is 2.15. The van der Waals surface area contributed by atoms with Crippen molar-refractivity contribution in [2.75, 3.05) is 40.0 Å². The van der Waals surface area contributed by atoms with Gasteiger partial charge in [-0.05, 0) is 56.7 Å². The molecule has 0 unspecified atom stereocenters. The van der Waals surface area contributed by atoms with Crippen molar-refractivity contribution in [1.82, 2.24) is 35.8 Å². The monoisotopic (exact) mass is 741 g/mol. The number of rotatable bonds is 5.